The second kappa shape index (κ2) is 7.31. The van der Waals surface area contributed by atoms with Crippen LogP contribution >= 0.6 is 0 Å². The highest BCUT2D eigenvalue weighted by molar-refractivity contribution is 5.68. The monoisotopic (exact) mass is 291 g/mol. The van der Waals surface area contributed by atoms with E-state index in [1.54, 1.807) is 4.90 Å². The second-order valence-corrected chi connectivity index (χ2v) is 5.25. The maximum atomic E-state index is 11.7. The van der Waals surface area contributed by atoms with Crippen LogP contribution in [0.2, 0.25) is 0 Å². The van der Waals surface area contributed by atoms with Crippen LogP contribution in [-0.2, 0) is 4.74 Å². The highest BCUT2D eigenvalue weighted by atomic mass is 16.6. The van der Waals surface area contributed by atoms with Gasteiger partial charge in [-0.2, -0.15) is 0 Å². The number of carbonyl (C=O) groups excluding carboxylic acids is 1. The fraction of sp³-hybridized carbons (Fsp3) is 0.562. The van der Waals surface area contributed by atoms with Crippen molar-refractivity contribution in [3.63, 3.8) is 0 Å². The number of carbonyl (C=O) groups is 1. The zero-order chi connectivity index (χ0) is 15.2. The number of benzene rings is 1. The summed E-state index contributed by atoms with van der Waals surface area (Å²) in [5, 5.41) is 0. The first-order valence-electron chi connectivity index (χ1n) is 7.68. The predicted octanol–water partition coefficient (Wildman–Crippen LogP) is 2.37. The molecule has 1 aromatic carbocycles. The number of nitrogens with two attached hydrogens (primary N) is 1. The van der Waals surface area contributed by atoms with E-state index in [0.717, 1.165) is 19.5 Å². The molecule has 116 valence electrons. The molecule has 0 unspecified atom stereocenters. The molecule has 1 heterocycles. The lowest BCUT2D eigenvalue weighted by atomic mass is 10.0. The second-order valence-electron chi connectivity index (χ2n) is 5.25. The summed E-state index contributed by atoms with van der Waals surface area (Å²) in [4.78, 5) is 15.8. The summed E-state index contributed by atoms with van der Waals surface area (Å²) in [5.74, 6) is 0. The van der Waals surface area contributed by atoms with E-state index in [0.29, 0.717) is 19.7 Å². The minimum Gasteiger partial charge on any atom is -0.450 e. The highest BCUT2D eigenvalue weighted by Gasteiger charge is 2.23. The van der Waals surface area contributed by atoms with Gasteiger partial charge in [-0.25, -0.2) is 4.79 Å². The number of ether oxygens (including phenoxy) is 1. The van der Waals surface area contributed by atoms with Crippen molar-refractivity contribution < 1.29 is 9.53 Å². The molecule has 0 saturated carbocycles. The molecule has 1 saturated heterocycles. The van der Waals surface area contributed by atoms with E-state index in [2.05, 4.69) is 24.0 Å². The Morgan fingerprint density at radius 2 is 1.90 bits per heavy atom. The molecule has 1 aliphatic rings. The van der Waals surface area contributed by atoms with Crippen LogP contribution in [0.3, 0.4) is 0 Å². The smallest absolute Gasteiger partial charge is 0.409 e. The van der Waals surface area contributed by atoms with Crippen molar-refractivity contribution in [3.8, 4) is 0 Å². The largest absolute Gasteiger partial charge is 0.450 e. The molecule has 1 fully saturated rings. The van der Waals surface area contributed by atoms with Crippen LogP contribution < -0.4 is 10.6 Å². The predicted molar refractivity (Wildman–Crippen MR) is 84.5 cm³/mol. The fourth-order valence-electron chi connectivity index (χ4n) is 2.65. The molecule has 0 radical (unpaired) electrons. The van der Waals surface area contributed by atoms with E-state index < -0.39 is 0 Å². The number of anilines is 1. The summed E-state index contributed by atoms with van der Waals surface area (Å²) in [5.41, 5.74) is 8.58. The van der Waals surface area contributed by atoms with Gasteiger partial charge in [-0.15, -0.1) is 0 Å². The molecule has 0 aromatic heterocycles. The topological polar surface area (TPSA) is 58.8 Å². The zero-order valence-electron chi connectivity index (χ0n) is 12.9. The molecule has 1 aliphatic heterocycles. The minimum atomic E-state index is -0.212. The summed E-state index contributed by atoms with van der Waals surface area (Å²) in [6.45, 7) is 7.35. The molecule has 0 spiro atoms. The fourth-order valence-corrected chi connectivity index (χ4v) is 2.65. The molecule has 1 aromatic rings. The number of para-hydroxylation sites is 1. The number of hydrogen-bond donors (Lipinski definition) is 1. The third kappa shape index (κ3) is 3.67. The molecule has 5 heteroatoms. The first-order chi connectivity index (χ1) is 10.2. The number of rotatable bonds is 4. The summed E-state index contributed by atoms with van der Waals surface area (Å²) >= 11 is 0. The summed E-state index contributed by atoms with van der Waals surface area (Å²) in [7, 11) is 0. The molecule has 1 amide bonds. The number of hydrogen-bond acceptors (Lipinski definition) is 4. The lowest BCUT2D eigenvalue weighted by molar-refractivity contribution is 0.105. The van der Waals surface area contributed by atoms with Crippen LogP contribution in [0.5, 0.6) is 0 Å². The lowest BCUT2D eigenvalue weighted by Crippen LogP contribution is -2.49. The van der Waals surface area contributed by atoms with Gasteiger partial charge in [-0.1, -0.05) is 25.1 Å². The molecular weight excluding hydrogens is 266 g/mol. The Morgan fingerprint density at radius 3 is 2.52 bits per heavy atom. The molecule has 2 N–H and O–H groups in total. The third-order valence-corrected chi connectivity index (χ3v) is 3.92. The Balaban J connectivity index is 2.04. The van der Waals surface area contributed by atoms with Crippen LogP contribution in [0, 0.1) is 0 Å². The summed E-state index contributed by atoms with van der Waals surface area (Å²) in [6.07, 6.45) is 0.704. The normalized spacial score (nSPS) is 16.7. The maximum absolute atomic E-state index is 11.7. The van der Waals surface area contributed by atoms with Gasteiger partial charge in [0.05, 0.1) is 6.61 Å². The minimum absolute atomic E-state index is 0.0595. The molecule has 0 aliphatic carbocycles. The van der Waals surface area contributed by atoms with Crippen LogP contribution in [0.4, 0.5) is 10.5 Å². The van der Waals surface area contributed by atoms with Crippen molar-refractivity contribution >= 4 is 11.8 Å². The first kappa shape index (κ1) is 15.6. The molecular formula is C16H25N3O2. The van der Waals surface area contributed by atoms with Gasteiger partial charge in [-0.3, -0.25) is 0 Å². The molecule has 2 rings (SSSR count). The van der Waals surface area contributed by atoms with Gasteiger partial charge in [0.15, 0.2) is 0 Å². The van der Waals surface area contributed by atoms with E-state index in [1.165, 1.54) is 11.3 Å². The molecule has 1 atom stereocenters. The van der Waals surface area contributed by atoms with Gasteiger partial charge in [0, 0.05) is 37.9 Å². The Hall–Kier alpha value is -1.75. The van der Waals surface area contributed by atoms with Gasteiger partial charge in [-0.05, 0) is 25.0 Å². The SMILES string of the molecule is CCOC(=O)N1CCN(c2ccccc2[C@H](N)CC)CC1. The van der Waals surface area contributed by atoms with Gasteiger partial charge in [0.25, 0.3) is 0 Å². The van der Waals surface area contributed by atoms with Crippen molar-refractivity contribution in [3.05, 3.63) is 29.8 Å². The van der Waals surface area contributed by atoms with Gasteiger partial charge >= 0.3 is 6.09 Å². The van der Waals surface area contributed by atoms with E-state index in [4.69, 9.17) is 10.5 Å². The number of piperazine rings is 1. The standard InChI is InChI=1S/C16H25N3O2/c1-3-14(17)13-7-5-6-8-15(13)18-9-11-19(12-10-18)16(20)21-4-2/h5-8,14H,3-4,9-12,17H2,1-2H3/t14-/m1/s1. The van der Waals surface area contributed by atoms with E-state index in [1.807, 2.05) is 19.1 Å². The van der Waals surface area contributed by atoms with E-state index in [9.17, 15) is 4.79 Å². The van der Waals surface area contributed by atoms with Crippen LogP contribution in [0.15, 0.2) is 24.3 Å². The molecule has 21 heavy (non-hydrogen) atoms. The number of nitrogens with zero attached hydrogens (tertiary/aromatic N) is 2. The lowest BCUT2D eigenvalue weighted by Gasteiger charge is -2.37. The average Bonchev–Trinajstić information content (AvgIpc) is 2.54. The molecule has 0 bridgehead atoms. The summed E-state index contributed by atoms with van der Waals surface area (Å²) in [6, 6.07) is 8.35. The Labute approximate surface area is 126 Å². The third-order valence-electron chi connectivity index (χ3n) is 3.92. The van der Waals surface area contributed by atoms with Crippen LogP contribution in [0.25, 0.3) is 0 Å². The Kier molecular flexibility index (Phi) is 5.44. The zero-order valence-corrected chi connectivity index (χ0v) is 12.9. The van der Waals surface area contributed by atoms with E-state index in [-0.39, 0.29) is 12.1 Å². The van der Waals surface area contributed by atoms with Crippen molar-refractivity contribution in [1.82, 2.24) is 4.90 Å². The Bertz CT molecular complexity index is 470. The maximum Gasteiger partial charge on any atom is 0.409 e. The van der Waals surface area contributed by atoms with Gasteiger partial charge in [0.1, 0.15) is 0 Å². The van der Waals surface area contributed by atoms with Crippen LogP contribution in [-0.4, -0.2) is 43.8 Å². The summed E-state index contributed by atoms with van der Waals surface area (Å²) < 4.78 is 5.05. The van der Waals surface area contributed by atoms with Crippen molar-refractivity contribution in [1.29, 1.82) is 0 Å². The highest BCUT2D eigenvalue weighted by Crippen LogP contribution is 2.27. The average molecular weight is 291 g/mol. The van der Waals surface area contributed by atoms with E-state index >= 15 is 0 Å². The first-order valence-corrected chi connectivity index (χ1v) is 7.68. The van der Waals surface area contributed by atoms with Crippen molar-refractivity contribution in [2.45, 2.75) is 26.3 Å². The van der Waals surface area contributed by atoms with Crippen molar-refractivity contribution in [2.75, 3.05) is 37.7 Å². The molecule has 5 nitrogen and oxygen atoms in total. The quantitative estimate of drug-likeness (QED) is 0.925. The van der Waals surface area contributed by atoms with Crippen LogP contribution in [0.1, 0.15) is 31.9 Å². The Morgan fingerprint density at radius 1 is 1.24 bits per heavy atom. The van der Waals surface area contributed by atoms with Gasteiger partial charge < -0.3 is 20.3 Å². The van der Waals surface area contributed by atoms with Crippen molar-refractivity contribution in [2.24, 2.45) is 5.73 Å². The van der Waals surface area contributed by atoms with Gasteiger partial charge in [0.2, 0.25) is 0 Å². The number of amides is 1.